The fourth-order valence-electron chi connectivity index (χ4n) is 2.89. The third-order valence-electron chi connectivity index (χ3n) is 5.61. The maximum absolute atomic E-state index is 11.8. The van der Waals surface area contributed by atoms with Gasteiger partial charge in [0, 0.05) is 13.0 Å². The predicted octanol–water partition coefficient (Wildman–Crippen LogP) is 3.59. The van der Waals surface area contributed by atoms with Gasteiger partial charge in [-0.3, -0.25) is 4.79 Å². The number of carbonyl (C=O) groups excluding carboxylic acids is 1. The highest BCUT2D eigenvalue weighted by Crippen LogP contribution is 2.42. The first-order valence-electron chi connectivity index (χ1n) is 8.47. The molecule has 0 saturated heterocycles. The van der Waals surface area contributed by atoms with Crippen LogP contribution < -0.4 is 0 Å². The molecule has 0 unspecified atom stereocenters. The quantitative estimate of drug-likeness (QED) is 0.597. The van der Waals surface area contributed by atoms with E-state index in [0.717, 1.165) is 0 Å². The Morgan fingerprint density at radius 3 is 2.41 bits per heavy atom. The molecule has 0 radical (unpaired) electrons. The first-order valence-corrected chi connectivity index (χ1v) is 11.4. The van der Waals surface area contributed by atoms with E-state index in [1.807, 2.05) is 6.92 Å². The Labute approximate surface area is 136 Å². The molecular formula is C17H34O4Si. The molecule has 1 aliphatic rings. The van der Waals surface area contributed by atoms with Crippen molar-refractivity contribution in [1.82, 2.24) is 0 Å². The van der Waals surface area contributed by atoms with Crippen LogP contribution in [0.15, 0.2) is 0 Å². The lowest BCUT2D eigenvalue weighted by Crippen LogP contribution is -2.43. The second-order valence-corrected chi connectivity index (χ2v) is 13.0. The summed E-state index contributed by atoms with van der Waals surface area (Å²) < 4.78 is 11.4. The highest BCUT2D eigenvalue weighted by Gasteiger charge is 2.43. The number of aliphatic hydroxyl groups is 1. The zero-order valence-corrected chi connectivity index (χ0v) is 16.3. The van der Waals surface area contributed by atoms with Gasteiger partial charge in [0.1, 0.15) is 0 Å². The zero-order valence-electron chi connectivity index (χ0n) is 15.3. The maximum Gasteiger partial charge on any atom is 0.306 e. The average molecular weight is 331 g/mol. The Morgan fingerprint density at radius 1 is 1.32 bits per heavy atom. The number of hydrogen-bond acceptors (Lipinski definition) is 4. The topological polar surface area (TPSA) is 55.8 Å². The standard InChI is InChI=1S/C17H34O4Si/c1-8-20-16(19)10-13-9-15(18)12(2)14(13)11-21-22(6,7)17(3,4)5/h12-15,18H,8-11H2,1-7H3/t12-,13-,14-,15+/m1/s1. The second-order valence-electron chi connectivity index (χ2n) is 8.17. The van der Waals surface area contributed by atoms with Gasteiger partial charge in [0.15, 0.2) is 8.32 Å². The molecule has 1 aliphatic carbocycles. The smallest absolute Gasteiger partial charge is 0.306 e. The summed E-state index contributed by atoms with van der Waals surface area (Å²) in [4.78, 5) is 11.8. The van der Waals surface area contributed by atoms with Crippen LogP contribution in [0.1, 0.15) is 47.5 Å². The molecule has 0 bridgehead atoms. The van der Waals surface area contributed by atoms with E-state index in [2.05, 4.69) is 40.8 Å². The van der Waals surface area contributed by atoms with Crippen LogP contribution in [0, 0.1) is 17.8 Å². The van der Waals surface area contributed by atoms with Crippen LogP contribution in [0.4, 0.5) is 0 Å². The molecular weight excluding hydrogens is 296 g/mol. The Kier molecular flexibility index (Phi) is 6.66. The normalized spacial score (nSPS) is 29.6. The van der Waals surface area contributed by atoms with Gasteiger partial charge >= 0.3 is 5.97 Å². The van der Waals surface area contributed by atoms with Crippen molar-refractivity contribution in [2.24, 2.45) is 17.8 Å². The Bertz CT molecular complexity index is 375. The number of hydrogen-bond donors (Lipinski definition) is 1. The van der Waals surface area contributed by atoms with E-state index in [0.29, 0.717) is 26.1 Å². The molecule has 5 heteroatoms. The van der Waals surface area contributed by atoms with E-state index in [-0.39, 0.29) is 34.9 Å². The summed E-state index contributed by atoms with van der Waals surface area (Å²) >= 11 is 0. The van der Waals surface area contributed by atoms with Gasteiger partial charge in [0.2, 0.25) is 0 Å². The van der Waals surface area contributed by atoms with Crippen molar-refractivity contribution >= 4 is 14.3 Å². The van der Waals surface area contributed by atoms with Crippen LogP contribution >= 0.6 is 0 Å². The van der Waals surface area contributed by atoms with Gasteiger partial charge in [-0.05, 0) is 49.2 Å². The average Bonchev–Trinajstić information content (AvgIpc) is 2.61. The zero-order chi connectivity index (χ0) is 17.1. The minimum atomic E-state index is -1.81. The molecule has 0 aromatic carbocycles. The summed E-state index contributed by atoms with van der Waals surface area (Å²) in [5.41, 5.74) is 0. The van der Waals surface area contributed by atoms with Crippen molar-refractivity contribution in [3.63, 3.8) is 0 Å². The lowest BCUT2D eigenvalue weighted by atomic mass is 9.89. The van der Waals surface area contributed by atoms with Crippen molar-refractivity contribution in [1.29, 1.82) is 0 Å². The van der Waals surface area contributed by atoms with E-state index >= 15 is 0 Å². The monoisotopic (exact) mass is 330 g/mol. The predicted molar refractivity (Wildman–Crippen MR) is 91.2 cm³/mol. The van der Waals surface area contributed by atoms with Crippen LogP contribution in [-0.2, 0) is 14.0 Å². The summed E-state index contributed by atoms with van der Waals surface area (Å²) in [6.45, 7) is 16.1. The van der Waals surface area contributed by atoms with E-state index in [9.17, 15) is 9.90 Å². The van der Waals surface area contributed by atoms with Crippen molar-refractivity contribution < 1.29 is 19.1 Å². The van der Waals surface area contributed by atoms with Crippen molar-refractivity contribution in [3.8, 4) is 0 Å². The summed E-state index contributed by atoms with van der Waals surface area (Å²) in [6, 6.07) is 0. The van der Waals surface area contributed by atoms with Crippen LogP contribution in [0.3, 0.4) is 0 Å². The van der Waals surface area contributed by atoms with E-state index in [4.69, 9.17) is 9.16 Å². The van der Waals surface area contributed by atoms with E-state index in [1.54, 1.807) is 0 Å². The number of esters is 1. The summed E-state index contributed by atoms with van der Waals surface area (Å²) in [6.07, 6.45) is 0.721. The Balaban J connectivity index is 2.70. The van der Waals surface area contributed by atoms with Crippen LogP contribution in [0.25, 0.3) is 0 Å². The fourth-order valence-corrected chi connectivity index (χ4v) is 3.93. The molecule has 0 heterocycles. The van der Waals surface area contributed by atoms with Gasteiger partial charge in [-0.15, -0.1) is 0 Å². The van der Waals surface area contributed by atoms with E-state index in [1.165, 1.54) is 0 Å². The third-order valence-corrected chi connectivity index (χ3v) is 10.1. The number of rotatable bonds is 6. The number of aliphatic hydroxyl groups excluding tert-OH is 1. The lowest BCUT2D eigenvalue weighted by Gasteiger charge is -2.38. The molecule has 0 aliphatic heterocycles. The largest absolute Gasteiger partial charge is 0.466 e. The minimum Gasteiger partial charge on any atom is -0.466 e. The lowest BCUT2D eigenvalue weighted by molar-refractivity contribution is -0.144. The minimum absolute atomic E-state index is 0.161. The van der Waals surface area contributed by atoms with Crippen LogP contribution in [-0.4, -0.2) is 38.7 Å². The van der Waals surface area contributed by atoms with Crippen molar-refractivity contribution in [2.75, 3.05) is 13.2 Å². The molecule has 1 fully saturated rings. The van der Waals surface area contributed by atoms with Gasteiger partial charge in [-0.25, -0.2) is 0 Å². The van der Waals surface area contributed by atoms with Gasteiger partial charge in [0.25, 0.3) is 0 Å². The molecule has 4 atom stereocenters. The molecule has 1 saturated carbocycles. The molecule has 0 spiro atoms. The van der Waals surface area contributed by atoms with Gasteiger partial charge < -0.3 is 14.3 Å². The molecule has 0 aromatic heterocycles. The molecule has 130 valence electrons. The van der Waals surface area contributed by atoms with Crippen molar-refractivity contribution in [2.45, 2.75) is 71.7 Å². The van der Waals surface area contributed by atoms with Crippen LogP contribution in [0.2, 0.25) is 18.1 Å². The number of ether oxygens (including phenoxy) is 1. The molecule has 0 aromatic rings. The number of carbonyl (C=O) groups is 1. The summed E-state index contributed by atoms with van der Waals surface area (Å²) in [7, 11) is -1.81. The second kappa shape index (κ2) is 7.45. The molecule has 0 amide bonds. The van der Waals surface area contributed by atoms with E-state index < -0.39 is 8.32 Å². The third kappa shape index (κ3) is 4.80. The summed E-state index contributed by atoms with van der Waals surface area (Å²) in [5, 5.41) is 10.3. The highest BCUT2D eigenvalue weighted by atomic mass is 28.4. The van der Waals surface area contributed by atoms with Gasteiger partial charge in [-0.2, -0.15) is 0 Å². The SMILES string of the molecule is CCOC(=O)C[C@H]1C[C@H](O)[C@H](C)[C@H]1CO[Si](C)(C)C(C)(C)C. The molecule has 4 nitrogen and oxygen atoms in total. The maximum atomic E-state index is 11.8. The first-order chi connectivity index (χ1) is 9.99. The molecule has 1 rings (SSSR count). The highest BCUT2D eigenvalue weighted by molar-refractivity contribution is 6.74. The molecule has 1 N–H and O–H groups in total. The van der Waals surface area contributed by atoms with Gasteiger partial charge in [0.05, 0.1) is 12.7 Å². The van der Waals surface area contributed by atoms with Crippen LogP contribution in [0.5, 0.6) is 0 Å². The van der Waals surface area contributed by atoms with Crippen molar-refractivity contribution in [3.05, 3.63) is 0 Å². The Morgan fingerprint density at radius 2 is 1.91 bits per heavy atom. The first kappa shape index (κ1) is 19.7. The van der Waals surface area contributed by atoms with Gasteiger partial charge in [-0.1, -0.05) is 27.7 Å². The fraction of sp³-hybridized carbons (Fsp3) is 0.941. The molecule has 22 heavy (non-hydrogen) atoms. The summed E-state index contributed by atoms with van der Waals surface area (Å²) in [5.74, 6) is 0.401. The Hall–Kier alpha value is -0.393.